The van der Waals surface area contributed by atoms with Crippen LogP contribution in [0.4, 0.5) is 4.39 Å². The van der Waals surface area contributed by atoms with Crippen molar-refractivity contribution < 1.29 is 13.9 Å². The quantitative estimate of drug-likeness (QED) is 0.847. The molecule has 3 nitrogen and oxygen atoms in total. The molecule has 1 atom stereocenters. The summed E-state index contributed by atoms with van der Waals surface area (Å²) in [6.07, 6.45) is 0.744. The summed E-state index contributed by atoms with van der Waals surface area (Å²) in [6.45, 7) is 4.37. The molecular weight excluding hydrogens is 293 g/mol. The molecule has 4 heteroatoms. The van der Waals surface area contributed by atoms with Crippen molar-refractivity contribution in [2.75, 3.05) is 6.54 Å². The van der Waals surface area contributed by atoms with Gasteiger partial charge >= 0.3 is 0 Å². The first-order chi connectivity index (χ1) is 11.1. The highest BCUT2D eigenvalue weighted by Crippen LogP contribution is 2.18. The minimum Gasteiger partial charge on any atom is -0.480 e. The molecule has 0 radical (unpaired) electrons. The molecule has 0 aliphatic carbocycles. The van der Waals surface area contributed by atoms with Crippen molar-refractivity contribution in [1.29, 1.82) is 0 Å². The summed E-state index contributed by atoms with van der Waals surface area (Å²) in [5.41, 5.74) is 1.99. The topological polar surface area (TPSA) is 38.3 Å². The van der Waals surface area contributed by atoms with E-state index in [1.165, 1.54) is 12.1 Å². The number of hydrogen-bond acceptors (Lipinski definition) is 2. The van der Waals surface area contributed by atoms with Crippen LogP contribution in [0.1, 0.15) is 24.5 Å². The van der Waals surface area contributed by atoms with Crippen molar-refractivity contribution in [3.8, 4) is 5.75 Å². The number of rotatable bonds is 7. The Bertz CT molecular complexity index is 640. The first kappa shape index (κ1) is 17.0. The molecule has 0 aliphatic rings. The molecule has 0 saturated carbocycles. The molecule has 0 aromatic heterocycles. The molecule has 1 N–H and O–H groups in total. The van der Waals surface area contributed by atoms with Crippen LogP contribution in [-0.2, 0) is 11.2 Å². The Kier molecular flexibility index (Phi) is 6.15. The molecule has 0 aliphatic heterocycles. The van der Waals surface area contributed by atoms with E-state index in [0.717, 1.165) is 16.9 Å². The number of amides is 1. The highest BCUT2D eigenvalue weighted by atomic mass is 19.1. The maximum absolute atomic E-state index is 12.8. The lowest BCUT2D eigenvalue weighted by Crippen LogP contribution is -2.39. The zero-order chi connectivity index (χ0) is 16.7. The number of ether oxygens (including phenoxy) is 1. The first-order valence-electron chi connectivity index (χ1n) is 7.84. The SMILES string of the molecule is CC[C@@H](Oc1ccccc1C)C(=O)NCCc1ccc(F)cc1. The summed E-state index contributed by atoms with van der Waals surface area (Å²) in [4.78, 5) is 12.2. The van der Waals surface area contributed by atoms with Gasteiger partial charge in [-0.3, -0.25) is 4.79 Å². The largest absolute Gasteiger partial charge is 0.480 e. The second-order valence-electron chi connectivity index (χ2n) is 5.45. The van der Waals surface area contributed by atoms with Gasteiger partial charge in [-0.1, -0.05) is 37.3 Å². The van der Waals surface area contributed by atoms with E-state index < -0.39 is 6.10 Å². The van der Waals surface area contributed by atoms with Gasteiger partial charge in [0, 0.05) is 6.54 Å². The number of nitrogens with one attached hydrogen (secondary N) is 1. The standard InChI is InChI=1S/C19H22FNO2/c1-3-17(23-18-7-5-4-6-14(18)2)19(22)21-13-12-15-8-10-16(20)11-9-15/h4-11,17H,3,12-13H2,1-2H3,(H,21,22)/t17-/m1/s1. The second-order valence-corrected chi connectivity index (χ2v) is 5.45. The maximum atomic E-state index is 12.8. The fraction of sp³-hybridized carbons (Fsp3) is 0.316. The van der Waals surface area contributed by atoms with E-state index >= 15 is 0 Å². The summed E-state index contributed by atoms with van der Waals surface area (Å²) in [5, 5.41) is 2.88. The molecule has 0 fully saturated rings. The molecular formula is C19H22FNO2. The molecule has 2 rings (SSSR count). The Morgan fingerprint density at radius 1 is 1.17 bits per heavy atom. The molecule has 1 amide bonds. The Morgan fingerprint density at radius 2 is 1.87 bits per heavy atom. The van der Waals surface area contributed by atoms with Crippen molar-refractivity contribution in [1.82, 2.24) is 5.32 Å². The van der Waals surface area contributed by atoms with Crippen LogP contribution in [0.25, 0.3) is 0 Å². The van der Waals surface area contributed by atoms with Gasteiger partial charge in [-0.2, -0.15) is 0 Å². The molecule has 0 saturated heterocycles. The number of carbonyl (C=O) groups excluding carboxylic acids is 1. The van der Waals surface area contributed by atoms with Gasteiger partial charge in [-0.15, -0.1) is 0 Å². The van der Waals surface area contributed by atoms with Crippen molar-refractivity contribution in [2.45, 2.75) is 32.8 Å². The lowest BCUT2D eigenvalue weighted by Gasteiger charge is -2.18. The van der Waals surface area contributed by atoms with E-state index in [1.54, 1.807) is 12.1 Å². The van der Waals surface area contributed by atoms with Gasteiger partial charge in [0.1, 0.15) is 11.6 Å². The summed E-state index contributed by atoms with van der Waals surface area (Å²) in [7, 11) is 0. The molecule has 0 bridgehead atoms. The molecule has 2 aromatic rings. The van der Waals surface area contributed by atoms with Crippen molar-refractivity contribution in [2.24, 2.45) is 0 Å². The first-order valence-corrected chi connectivity index (χ1v) is 7.84. The molecule has 0 spiro atoms. The lowest BCUT2D eigenvalue weighted by molar-refractivity contribution is -0.128. The third-order valence-corrected chi connectivity index (χ3v) is 3.65. The van der Waals surface area contributed by atoms with Crippen LogP contribution in [0.3, 0.4) is 0 Å². The van der Waals surface area contributed by atoms with E-state index in [4.69, 9.17) is 4.74 Å². The van der Waals surface area contributed by atoms with Crippen LogP contribution in [0.2, 0.25) is 0 Å². The van der Waals surface area contributed by atoms with Gasteiger partial charge in [0.25, 0.3) is 5.91 Å². The monoisotopic (exact) mass is 315 g/mol. The van der Waals surface area contributed by atoms with Crippen LogP contribution >= 0.6 is 0 Å². The van der Waals surface area contributed by atoms with Gasteiger partial charge < -0.3 is 10.1 Å². The zero-order valence-electron chi connectivity index (χ0n) is 13.5. The van der Waals surface area contributed by atoms with Gasteiger partial charge in [0.2, 0.25) is 0 Å². The van der Waals surface area contributed by atoms with Crippen molar-refractivity contribution >= 4 is 5.91 Å². The minimum absolute atomic E-state index is 0.127. The van der Waals surface area contributed by atoms with Crippen LogP contribution in [-0.4, -0.2) is 18.6 Å². The van der Waals surface area contributed by atoms with E-state index in [2.05, 4.69) is 5.32 Å². The fourth-order valence-electron chi connectivity index (χ4n) is 2.26. The predicted molar refractivity (Wildman–Crippen MR) is 89.0 cm³/mol. The normalized spacial score (nSPS) is 11.8. The lowest BCUT2D eigenvalue weighted by atomic mass is 10.1. The molecule has 0 unspecified atom stereocenters. The van der Waals surface area contributed by atoms with Gasteiger partial charge in [0.05, 0.1) is 0 Å². The van der Waals surface area contributed by atoms with Crippen LogP contribution < -0.4 is 10.1 Å². The number of para-hydroxylation sites is 1. The summed E-state index contributed by atoms with van der Waals surface area (Å²) in [5.74, 6) is 0.348. The molecule has 2 aromatic carbocycles. The molecule has 122 valence electrons. The van der Waals surface area contributed by atoms with Crippen molar-refractivity contribution in [3.05, 3.63) is 65.5 Å². The van der Waals surface area contributed by atoms with Crippen LogP contribution in [0.15, 0.2) is 48.5 Å². The summed E-state index contributed by atoms with van der Waals surface area (Å²) >= 11 is 0. The highest BCUT2D eigenvalue weighted by molar-refractivity contribution is 5.81. The number of aryl methyl sites for hydroxylation is 1. The fourth-order valence-corrected chi connectivity index (χ4v) is 2.26. The van der Waals surface area contributed by atoms with E-state index in [1.807, 2.05) is 38.1 Å². The van der Waals surface area contributed by atoms with Crippen LogP contribution in [0, 0.1) is 12.7 Å². The maximum Gasteiger partial charge on any atom is 0.261 e. The molecule has 23 heavy (non-hydrogen) atoms. The number of hydrogen-bond donors (Lipinski definition) is 1. The van der Waals surface area contributed by atoms with E-state index in [0.29, 0.717) is 19.4 Å². The average Bonchev–Trinajstić information content (AvgIpc) is 2.56. The number of carbonyl (C=O) groups is 1. The van der Waals surface area contributed by atoms with Crippen molar-refractivity contribution in [3.63, 3.8) is 0 Å². The number of halogens is 1. The van der Waals surface area contributed by atoms with E-state index in [9.17, 15) is 9.18 Å². The Balaban J connectivity index is 1.85. The second kappa shape index (κ2) is 8.32. The Hall–Kier alpha value is -2.36. The minimum atomic E-state index is -0.510. The highest BCUT2D eigenvalue weighted by Gasteiger charge is 2.18. The summed E-state index contributed by atoms with van der Waals surface area (Å²) in [6, 6.07) is 13.9. The predicted octanol–water partition coefficient (Wildman–Crippen LogP) is 3.65. The molecule has 0 heterocycles. The summed E-state index contributed by atoms with van der Waals surface area (Å²) < 4.78 is 18.7. The zero-order valence-corrected chi connectivity index (χ0v) is 13.5. The smallest absolute Gasteiger partial charge is 0.261 e. The number of benzene rings is 2. The third kappa shape index (κ3) is 5.09. The van der Waals surface area contributed by atoms with Gasteiger partial charge in [-0.05, 0) is 49.1 Å². The van der Waals surface area contributed by atoms with E-state index in [-0.39, 0.29) is 11.7 Å². The van der Waals surface area contributed by atoms with Crippen LogP contribution in [0.5, 0.6) is 5.75 Å². The third-order valence-electron chi connectivity index (χ3n) is 3.65. The Morgan fingerprint density at radius 3 is 2.52 bits per heavy atom. The van der Waals surface area contributed by atoms with Gasteiger partial charge in [0.15, 0.2) is 6.10 Å². The average molecular weight is 315 g/mol. The Labute approximate surface area is 136 Å². The van der Waals surface area contributed by atoms with Gasteiger partial charge in [-0.25, -0.2) is 4.39 Å².